The highest BCUT2D eigenvalue weighted by atomic mass is 16.5. The smallest absolute Gasteiger partial charge is 0.225 e. The quantitative estimate of drug-likeness (QED) is 0.742. The van der Waals surface area contributed by atoms with Gasteiger partial charge in [-0.25, -0.2) is 9.97 Å². The minimum atomic E-state index is -0.122. The lowest BCUT2D eigenvalue weighted by Crippen LogP contribution is -2.44. The fourth-order valence-corrected chi connectivity index (χ4v) is 1.60. The van der Waals surface area contributed by atoms with Crippen LogP contribution in [0.4, 0.5) is 5.95 Å². The molecule has 0 spiro atoms. The van der Waals surface area contributed by atoms with Gasteiger partial charge in [-0.2, -0.15) is 0 Å². The zero-order valence-electron chi connectivity index (χ0n) is 8.76. The average molecular weight is 209 g/mol. The van der Waals surface area contributed by atoms with Gasteiger partial charge in [0.1, 0.15) is 0 Å². The van der Waals surface area contributed by atoms with E-state index in [4.69, 9.17) is 9.84 Å². The molecule has 0 radical (unpaired) electrons. The highest BCUT2D eigenvalue weighted by Gasteiger charge is 2.21. The predicted octanol–water partition coefficient (Wildman–Crippen LogP) is -0.0175. The standard InChI is InChI=1S/C10H15N3O2/c1-8-2-3-11-10(12-8)13-4-5-15-9(6-13)7-14/h2-3,9,14H,4-7H2,1H3. The first-order valence-corrected chi connectivity index (χ1v) is 5.06. The third kappa shape index (κ3) is 2.43. The molecule has 0 saturated carbocycles. The summed E-state index contributed by atoms with van der Waals surface area (Å²) in [5.41, 5.74) is 0.951. The zero-order chi connectivity index (χ0) is 10.7. The normalized spacial score (nSPS) is 21.7. The van der Waals surface area contributed by atoms with Gasteiger partial charge in [-0.05, 0) is 13.0 Å². The first kappa shape index (κ1) is 10.3. The number of aromatic nitrogens is 2. The largest absolute Gasteiger partial charge is 0.394 e. The molecule has 0 aromatic carbocycles. The van der Waals surface area contributed by atoms with Gasteiger partial charge in [0.15, 0.2) is 0 Å². The molecule has 82 valence electrons. The number of nitrogens with zero attached hydrogens (tertiary/aromatic N) is 3. The Labute approximate surface area is 88.7 Å². The van der Waals surface area contributed by atoms with Crippen LogP contribution in [-0.2, 0) is 4.74 Å². The number of hydrogen-bond donors (Lipinski definition) is 1. The second kappa shape index (κ2) is 4.55. The van der Waals surface area contributed by atoms with E-state index >= 15 is 0 Å². The van der Waals surface area contributed by atoms with Crippen LogP contribution in [0.1, 0.15) is 5.69 Å². The maximum Gasteiger partial charge on any atom is 0.225 e. The van der Waals surface area contributed by atoms with Crippen molar-refractivity contribution >= 4 is 5.95 Å². The van der Waals surface area contributed by atoms with Crippen LogP contribution >= 0.6 is 0 Å². The Morgan fingerprint density at radius 3 is 3.27 bits per heavy atom. The molecule has 5 heteroatoms. The molecular formula is C10H15N3O2. The Balaban J connectivity index is 2.09. The van der Waals surface area contributed by atoms with Gasteiger partial charge in [0, 0.05) is 25.0 Å². The monoisotopic (exact) mass is 209 g/mol. The number of aliphatic hydroxyl groups is 1. The first-order chi connectivity index (χ1) is 7.29. The summed E-state index contributed by atoms with van der Waals surface area (Å²) >= 11 is 0. The lowest BCUT2D eigenvalue weighted by molar-refractivity contribution is 0.00313. The third-order valence-electron chi connectivity index (χ3n) is 2.41. The van der Waals surface area contributed by atoms with E-state index in [0.29, 0.717) is 13.2 Å². The summed E-state index contributed by atoms with van der Waals surface area (Å²) < 4.78 is 5.36. The van der Waals surface area contributed by atoms with E-state index in [-0.39, 0.29) is 12.7 Å². The van der Waals surface area contributed by atoms with E-state index in [9.17, 15) is 0 Å². The molecular weight excluding hydrogens is 194 g/mol. The van der Waals surface area contributed by atoms with Gasteiger partial charge in [-0.15, -0.1) is 0 Å². The van der Waals surface area contributed by atoms with Crippen molar-refractivity contribution in [2.75, 3.05) is 31.2 Å². The van der Waals surface area contributed by atoms with Crippen LogP contribution in [0.15, 0.2) is 12.3 Å². The Kier molecular flexibility index (Phi) is 3.13. The summed E-state index contributed by atoms with van der Waals surface area (Å²) in [6.45, 7) is 4.03. The van der Waals surface area contributed by atoms with E-state index in [1.54, 1.807) is 6.20 Å². The molecule has 5 nitrogen and oxygen atoms in total. The van der Waals surface area contributed by atoms with Gasteiger partial charge in [0.25, 0.3) is 0 Å². The molecule has 1 N–H and O–H groups in total. The minimum Gasteiger partial charge on any atom is -0.394 e. The molecule has 2 heterocycles. The maximum absolute atomic E-state index is 9.02. The van der Waals surface area contributed by atoms with Gasteiger partial charge in [-0.3, -0.25) is 0 Å². The van der Waals surface area contributed by atoms with Crippen molar-refractivity contribution in [1.29, 1.82) is 0 Å². The summed E-state index contributed by atoms with van der Waals surface area (Å²) in [5.74, 6) is 0.719. The molecule has 1 unspecified atom stereocenters. The van der Waals surface area contributed by atoms with Crippen LogP contribution in [0, 0.1) is 6.92 Å². The molecule has 0 amide bonds. The third-order valence-corrected chi connectivity index (χ3v) is 2.41. The Morgan fingerprint density at radius 2 is 2.53 bits per heavy atom. The van der Waals surface area contributed by atoms with Crippen molar-refractivity contribution < 1.29 is 9.84 Å². The first-order valence-electron chi connectivity index (χ1n) is 5.06. The SMILES string of the molecule is Cc1ccnc(N2CCOC(CO)C2)n1. The van der Waals surface area contributed by atoms with Crippen molar-refractivity contribution in [3.8, 4) is 0 Å². The number of aryl methyl sites for hydroxylation is 1. The van der Waals surface area contributed by atoms with Crippen LogP contribution in [0.2, 0.25) is 0 Å². The summed E-state index contributed by atoms with van der Waals surface area (Å²) in [6.07, 6.45) is 1.63. The molecule has 0 bridgehead atoms. The maximum atomic E-state index is 9.02. The van der Waals surface area contributed by atoms with E-state index in [1.807, 2.05) is 17.9 Å². The van der Waals surface area contributed by atoms with E-state index < -0.39 is 0 Å². The number of ether oxygens (including phenoxy) is 1. The Bertz CT molecular complexity index is 332. The second-order valence-electron chi connectivity index (χ2n) is 3.62. The van der Waals surface area contributed by atoms with E-state index in [1.165, 1.54) is 0 Å². The minimum absolute atomic E-state index is 0.0440. The molecule has 2 rings (SSSR count). The second-order valence-corrected chi connectivity index (χ2v) is 3.62. The fourth-order valence-electron chi connectivity index (χ4n) is 1.60. The van der Waals surface area contributed by atoms with Gasteiger partial charge in [0.05, 0.1) is 19.3 Å². The van der Waals surface area contributed by atoms with Gasteiger partial charge >= 0.3 is 0 Å². The van der Waals surface area contributed by atoms with E-state index in [0.717, 1.165) is 18.2 Å². The zero-order valence-corrected chi connectivity index (χ0v) is 8.76. The predicted molar refractivity (Wildman–Crippen MR) is 55.8 cm³/mol. The summed E-state index contributed by atoms with van der Waals surface area (Å²) in [4.78, 5) is 10.6. The van der Waals surface area contributed by atoms with Crippen molar-refractivity contribution in [3.63, 3.8) is 0 Å². The number of rotatable bonds is 2. The van der Waals surface area contributed by atoms with Gasteiger partial charge < -0.3 is 14.7 Å². The Morgan fingerprint density at radius 1 is 1.67 bits per heavy atom. The highest BCUT2D eigenvalue weighted by molar-refractivity contribution is 5.30. The van der Waals surface area contributed by atoms with Crippen LogP contribution in [0.25, 0.3) is 0 Å². The number of morpholine rings is 1. The molecule has 1 saturated heterocycles. The average Bonchev–Trinajstić information content (AvgIpc) is 2.29. The van der Waals surface area contributed by atoms with Crippen LogP contribution in [0.5, 0.6) is 0 Å². The lowest BCUT2D eigenvalue weighted by Gasteiger charge is -2.31. The molecule has 1 fully saturated rings. The van der Waals surface area contributed by atoms with Gasteiger partial charge in [-0.1, -0.05) is 0 Å². The molecule has 0 aliphatic carbocycles. The lowest BCUT2D eigenvalue weighted by atomic mass is 10.3. The van der Waals surface area contributed by atoms with E-state index in [2.05, 4.69) is 9.97 Å². The number of anilines is 1. The molecule has 1 aromatic heterocycles. The van der Waals surface area contributed by atoms with Crippen LogP contribution in [0.3, 0.4) is 0 Å². The molecule has 1 aromatic rings. The molecule has 1 aliphatic rings. The van der Waals surface area contributed by atoms with Crippen LogP contribution < -0.4 is 4.90 Å². The molecule has 15 heavy (non-hydrogen) atoms. The summed E-state index contributed by atoms with van der Waals surface area (Å²) in [7, 11) is 0. The molecule has 1 atom stereocenters. The Hall–Kier alpha value is -1.20. The number of hydrogen-bond acceptors (Lipinski definition) is 5. The molecule has 1 aliphatic heterocycles. The van der Waals surface area contributed by atoms with Crippen molar-refractivity contribution in [3.05, 3.63) is 18.0 Å². The highest BCUT2D eigenvalue weighted by Crippen LogP contribution is 2.12. The van der Waals surface area contributed by atoms with Crippen molar-refractivity contribution in [2.24, 2.45) is 0 Å². The number of aliphatic hydroxyl groups excluding tert-OH is 1. The van der Waals surface area contributed by atoms with Crippen LogP contribution in [-0.4, -0.2) is 47.5 Å². The van der Waals surface area contributed by atoms with Gasteiger partial charge in [0.2, 0.25) is 5.95 Å². The summed E-state index contributed by atoms with van der Waals surface area (Å²) in [5, 5.41) is 9.02. The van der Waals surface area contributed by atoms with Crippen molar-refractivity contribution in [1.82, 2.24) is 9.97 Å². The van der Waals surface area contributed by atoms with Crippen molar-refractivity contribution in [2.45, 2.75) is 13.0 Å². The topological polar surface area (TPSA) is 58.5 Å². The summed E-state index contributed by atoms with van der Waals surface area (Å²) in [6, 6.07) is 1.87. The fraction of sp³-hybridized carbons (Fsp3) is 0.600.